The molecule has 0 radical (unpaired) electrons. The summed E-state index contributed by atoms with van der Waals surface area (Å²) in [6.45, 7) is 2.24. The van der Waals surface area contributed by atoms with E-state index in [0.29, 0.717) is 18.0 Å². The molecule has 0 amide bonds. The van der Waals surface area contributed by atoms with Gasteiger partial charge >= 0.3 is 0 Å². The topological polar surface area (TPSA) is 59.1 Å². The van der Waals surface area contributed by atoms with Gasteiger partial charge in [0.05, 0.1) is 20.1 Å². The number of sulfonamides is 1. The van der Waals surface area contributed by atoms with Crippen LogP contribution in [0.5, 0.6) is 0 Å². The van der Waals surface area contributed by atoms with Crippen LogP contribution in [0, 0.1) is 6.92 Å². The Morgan fingerprint density at radius 3 is 2.65 bits per heavy atom. The lowest BCUT2D eigenvalue weighted by atomic mass is 10.2. The minimum absolute atomic E-state index is 0.268. The first-order valence-corrected chi connectivity index (χ1v) is 9.73. The molecule has 3 rings (SSSR count). The highest BCUT2D eigenvalue weighted by atomic mass is 35.5. The second kappa shape index (κ2) is 6.57. The highest BCUT2D eigenvalue weighted by molar-refractivity contribution is 7.89. The normalized spacial score (nSPS) is 11.9. The van der Waals surface area contributed by atoms with Crippen LogP contribution in [0.3, 0.4) is 0 Å². The number of aryl methyl sites for hydroxylation is 1. The van der Waals surface area contributed by atoms with Gasteiger partial charge in [0.15, 0.2) is 0 Å². The SMILES string of the molecule is Cc1nc2ccc(S(=O)(=O)NCCc3ccc(Cl)cc3)cc2s1. The maximum absolute atomic E-state index is 12.4. The fraction of sp³-hybridized carbons (Fsp3) is 0.188. The minimum Gasteiger partial charge on any atom is -0.242 e. The zero-order valence-electron chi connectivity index (χ0n) is 12.4. The standard InChI is InChI=1S/C16H15ClN2O2S2/c1-11-19-15-7-6-14(10-16(15)22-11)23(20,21)18-9-8-12-2-4-13(17)5-3-12/h2-7,10,18H,8-9H2,1H3. The summed E-state index contributed by atoms with van der Waals surface area (Å²) in [7, 11) is -3.52. The van der Waals surface area contributed by atoms with Gasteiger partial charge in [0.1, 0.15) is 0 Å². The van der Waals surface area contributed by atoms with Gasteiger partial charge in [-0.1, -0.05) is 23.7 Å². The molecule has 0 bridgehead atoms. The molecule has 0 fully saturated rings. The van der Waals surface area contributed by atoms with Crippen molar-refractivity contribution in [1.29, 1.82) is 0 Å². The third-order valence-electron chi connectivity index (χ3n) is 3.40. The Hall–Kier alpha value is -1.47. The van der Waals surface area contributed by atoms with Gasteiger partial charge in [0.2, 0.25) is 10.0 Å². The van der Waals surface area contributed by atoms with Gasteiger partial charge in [-0.3, -0.25) is 0 Å². The molecule has 0 aliphatic heterocycles. The molecule has 0 saturated heterocycles. The number of fused-ring (bicyclic) bond motifs is 1. The fourth-order valence-corrected chi connectivity index (χ4v) is 4.38. The molecule has 7 heteroatoms. The molecule has 120 valence electrons. The van der Waals surface area contributed by atoms with Crippen molar-refractivity contribution in [1.82, 2.24) is 9.71 Å². The molecule has 4 nitrogen and oxygen atoms in total. The van der Waals surface area contributed by atoms with Crippen LogP contribution in [0.1, 0.15) is 10.6 Å². The smallest absolute Gasteiger partial charge is 0.240 e. The molecule has 1 heterocycles. The molecular weight excluding hydrogens is 352 g/mol. The molecule has 0 atom stereocenters. The average molecular weight is 367 g/mol. The second-order valence-electron chi connectivity index (χ2n) is 5.14. The predicted molar refractivity (Wildman–Crippen MR) is 94.7 cm³/mol. The fourth-order valence-electron chi connectivity index (χ4n) is 2.25. The highest BCUT2D eigenvalue weighted by Gasteiger charge is 2.15. The lowest BCUT2D eigenvalue weighted by Crippen LogP contribution is -2.25. The number of hydrogen-bond donors (Lipinski definition) is 1. The van der Waals surface area contributed by atoms with Crippen LogP contribution in [0.2, 0.25) is 5.02 Å². The largest absolute Gasteiger partial charge is 0.242 e. The lowest BCUT2D eigenvalue weighted by Gasteiger charge is -2.07. The van der Waals surface area contributed by atoms with E-state index in [-0.39, 0.29) is 4.90 Å². The van der Waals surface area contributed by atoms with E-state index < -0.39 is 10.0 Å². The van der Waals surface area contributed by atoms with Gasteiger partial charge in [0, 0.05) is 11.6 Å². The van der Waals surface area contributed by atoms with E-state index in [4.69, 9.17) is 11.6 Å². The van der Waals surface area contributed by atoms with Gasteiger partial charge in [-0.15, -0.1) is 11.3 Å². The second-order valence-corrected chi connectivity index (χ2v) is 8.57. The Labute approximate surface area is 144 Å². The van der Waals surface area contributed by atoms with Gasteiger partial charge in [-0.2, -0.15) is 0 Å². The van der Waals surface area contributed by atoms with Crippen molar-refractivity contribution in [3.63, 3.8) is 0 Å². The number of thiazole rings is 1. The zero-order chi connectivity index (χ0) is 16.4. The first-order valence-electron chi connectivity index (χ1n) is 7.05. The van der Waals surface area contributed by atoms with E-state index >= 15 is 0 Å². The first-order chi connectivity index (χ1) is 10.9. The summed E-state index contributed by atoms with van der Waals surface area (Å²) in [6, 6.07) is 12.4. The maximum atomic E-state index is 12.4. The van der Waals surface area contributed by atoms with Crippen LogP contribution in [0.25, 0.3) is 10.2 Å². The highest BCUT2D eigenvalue weighted by Crippen LogP contribution is 2.24. The maximum Gasteiger partial charge on any atom is 0.240 e. The third-order valence-corrected chi connectivity index (χ3v) is 6.04. The molecule has 2 aromatic carbocycles. The van der Waals surface area contributed by atoms with E-state index in [0.717, 1.165) is 20.8 Å². The Balaban J connectivity index is 1.71. The van der Waals surface area contributed by atoms with Crippen molar-refractivity contribution in [3.05, 3.63) is 58.1 Å². The summed E-state index contributed by atoms with van der Waals surface area (Å²) in [5, 5.41) is 1.59. The number of benzene rings is 2. The average Bonchev–Trinajstić information content (AvgIpc) is 2.88. The Kier molecular flexibility index (Phi) is 4.68. The summed E-state index contributed by atoms with van der Waals surface area (Å²) >= 11 is 7.32. The van der Waals surface area contributed by atoms with Gasteiger partial charge in [-0.05, 0) is 49.2 Å². The van der Waals surface area contributed by atoms with Crippen molar-refractivity contribution >= 4 is 43.2 Å². The number of rotatable bonds is 5. The van der Waals surface area contributed by atoms with Crippen LogP contribution >= 0.6 is 22.9 Å². The monoisotopic (exact) mass is 366 g/mol. The molecule has 0 aliphatic carbocycles. The number of halogens is 1. The number of aromatic nitrogens is 1. The summed E-state index contributed by atoms with van der Waals surface area (Å²) in [5.41, 5.74) is 1.86. The Morgan fingerprint density at radius 2 is 1.91 bits per heavy atom. The summed E-state index contributed by atoms with van der Waals surface area (Å²) < 4.78 is 28.3. The quantitative estimate of drug-likeness (QED) is 0.747. The first kappa shape index (κ1) is 16.4. The van der Waals surface area contributed by atoms with Gasteiger partial charge in [-0.25, -0.2) is 18.1 Å². The van der Waals surface area contributed by atoms with Crippen LogP contribution in [-0.2, 0) is 16.4 Å². The molecule has 0 aliphatic rings. The predicted octanol–water partition coefficient (Wildman–Crippen LogP) is 3.78. The minimum atomic E-state index is -3.52. The van der Waals surface area contributed by atoms with Crippen LogP contribution in [0.4, 0.5) is 0 Å². The Morgan fingerprint density at radius 1 is 1.17 bits per heavy atom. The van der Waals surface area contributed by atoms with E-state index in [9.17, 15) is 8.42 Å². The number of nitrogens with zero attached hydrogens (tertiary/aromatic N) is 1. The number of hydrogen-bond acceptors (Lipinski definition) is 4. The third kappa shape index (κ3) is 3.90. The van der Waals surface area contributed by atoms with Crippen LogP contribution < -0.4 is 4.72 Å². The van der Waals surface area contributed by atoms with Crippen molar-refractivity contribution in [2.45, 2.75) is 18.2 Å². The van der Waals surface area contributed by atoms with E-state index in [1.54, 1.807) is 30.3 Å². The molecule has 0 unspecified atom stereocenters. The molecule has 23 heavy (non-hydrogen) atoms. The van der Waals surface area contributed by atoms with Crippen molar-refractivity contribution in [2.24, 2.45) is 0 Å². The van der Waals surface area contributed by atoms with Crippen molar-refractivity contribution in [3.8, 4) is 0 Å². The summed E-state index contributed by atoms with van der Waals surface area (Å²) in [6.07, 6.45) is 0.609. The lowest BCUT2D eigenvalue weighted by molar-refractivity contribution is 0.582. The van der Waals surface area contributed by atoms with Crippen LogP contribution in [-0.4, -0.2) is 19.9 Å². The molecular formula is C16H15ClN2O2S2. The van der Waals surface area contributed by atoms with E-state index in [2.05, 4.69) is 9.71 Å². The zero-order valence-corrected chi connectivity index (χ0v) is 14.8. The molecule has 1 aromatic heterocycles. The molecule has 3 aromatic rings. The summed E-state index contributed by atoms with van der Waals surface area (Å²) in [5.74, 6) is 0. The van der Waals surface area contributed by atoms with E-state index in [1.807, 2.05) is 19.1 Å². The van der Waals surface area contributed by atoms with Crippen molar-refractivity contribution in [2.75, 3.05) is 6.54 Å². The van der Waals surface area contributed by atoms with Crippen LogP contribution in [0.15, 0.2) is 47.4 Å². The van der Waals surface area contributed by atoms with Gasteiger partial charge in [0.25, 0.3) is 0 Å². The molecule has 0 spiro atoms. The van der Waals surface area contributed by atoms with E-state index in [1.165, 1.54) is 11.3 Å². The molecule has 1 N–H and O–H groups in total. The Bertz CT molecular complexity index is 934. The summed E-state index contributed by atoms with van der Waals surface area (Å²) in [4.78, 5) is 4.61. The van der Waals surface area contributed by atoms with Crippen molar-refractivity contribution < 1.29 is 8.42 Å². The molecule has 0 saturated carbocycles. The number of nitrogens with one attached hydrogen (secondary N) is 1. The van der Waals surface area contributed by atoms with Gasteiger partial charge < -0.3 is 0 Å².